The standard InChI is InChI=1S/C8H16ClN/c1-4-5-6-10-7-8(2,3)9/h7H,4-6H2,1-3H3. The Balaban J connectivity index is 3.37. The van der Waals surface area contributed by atoms with Crippen LogP contribution in [0.4, 0.5) is 0 Å². The maximum atomic E-state index is 5.86. The fraction of sp³-hybridized carbons (Fsp3) is 0.875. The van der Waals surface area contributed by atoms with Crippen molar-refractivity contribution in [3.63, 3.8) is 0 Å². The van der Waals surface area contributed by atoms with Gasteiger partial charge in [-0.15, -0.1) is 11.6 Å². The van der Waals surface area contributed by atoms with Crippen molar-refractivity contribution in [1.29, 1.82) is 0 Å². The van der Waals surface area contributed by atoms with Gasteiger partial charge in [-0.2, -0.15) is 0 Å². The van der Waals surface area contributed by atoms with Crippen molar-refractivity contribution in [3.05, 3.63) is 0 Å². The zero-order valence-corrected chi connectivity index (χ0v) is 7.78. The van der Waals surface area contributed by atoms with Crippen LogP contribution < -0.4 is 0 Å². The molecule has 0 radical (unpaired) electrons. The van der Waals surface area contributed by atoms with Gasteiger partial charge < -0.3 is 0 Å². The van der Waals surface area contributed by atoms with Crippen LogP contribution in [0.25, 0.3) is 0 Å². The highest BCUT2D eigenvalue weighted by Crippen LogP contribution is 2.08. The van der Waals surface area contributed by atoms with E-state index in [-0.39, 0.29) is 4.87 Å². The third-order valence-electron chi connectivity index (χ3n) is 1.04. The van der Waals surface area contributed by atoms with Gasteiger partial charge in [0.2, 0.25) is 0 Å². The van der Waals surface area contributed by atoms with Crippen LogP contribution in [0.1, 0.15) is 33.6 Å². The van der Waals surface area contributed by atoms with Gasteiger partial charge in [-0.05, 0) is 20.3 Å². The predicted molar refractivity (Wildman–Crippen MR) is 48.2 cm³/mol. The largest absolute Gasteiger partial charge is 0.296 e. The third kappa shape index (κ3) is 7.96. The summed E-state index contributed by atoms with van der Waals surface area (Å²) < 4.78 is 0. The van der Waals surface area contributed by atoms with Crippen LogP contribution in [0, 0.1) is 0 Å². The Morgan fingerprint density at radius 2 is 2.10 bits per heavy atom. The molecule has 1 nitrogen and oxygen atoms in total. The van der Waals surface area contributed by atoms with Crippen molar-refractivity contribution in [3.8, 4) is 0 Å². The zero-order valence-electron chi connectivity index (χ0n) is 7.02. The Bertz CT molecular complexity index is 102. The second-order valence-electron chi connectivity index (χ2n) is 2.95. The summed E-state index contributed by atoms with van der Waals surface area (Å²) in [5, 5.41) is 0. The Labute approximate surface area is 68.5 Å². The second-order valence-corrected chi connectivity index (χ2v) is 3.93. The van der Waals surface area contributed by atoms with Crippen molar-refractivity contribution < 1.29 is 0 Å². The molecule has 0 N–H and O–H groups in total. The van der Waals surface area contributed by atoms with Crippen molar-refractivity contribution in [1.82, 2.24) is 0 Å². The number of unbranched alkanes of at least 4 members (excludes halogenated alkanes) is 1. The molecule has 0 saturated carbocycles. The van der Waals surface area contributed by atoms with Crippen molar-refractivity contribution >= 4 is 17.8 Å². The van der Waals surface area contributed by atoms with Gasteiger partial charge >= 0.3 is 0 Å². The first-order chi connectivity index (χ1) is 4.56. The molecule has 2 heteroatoms. The molecule has 0 aromatic carbocycles. The molecule has 0 unspecified atom stereocenters. The maximum absolute atomic E-state index is 5.86. The van der Waals surface area contributed by atoms with E-state index in [0.717, 1.165) is 13.0 Å². The number of aliphatic imine (C=N–C) groups is 1. The summed E-state index contributed by atoms with van der Waals surface area (Å²) in [6.45, 7) is 6.93. The van der Waals surface area contributed by atoms with E-state index in [1.807, 2.05) is 20.1 Å². The Morgan fingerprint density at radius 3 is 2.50 bits per heavy atom. The number of alkyl halides is 1. The summed E-state index contributed by atoms with van der Waals surface area (Å²) in [7, 11) is 0. The van der Waals surface area contributed by atoms with E-state index in [1.54, 1.807) is 0 Å². The van der Waals surface area contributed by atoms with Gasteiger partial charge in [0, 0.05) is 12.8 Å². The van der Waals surface area contributed by atoms with E-state index in [0.29, 0.717) is 0 Å². The van der Waals surface area contributed by atoms with Gasteiger partial charge in [0.05, 0.1) is 4.87 Å². The second kappa shape index (κ2) is 4.73. The van der Waals surface area contributed by atoms with Crippen LogP contribution in [0.15, 0.2) is 4.99 Å². The predicted octanol–water partition coefficient (Wildman–Crippen LogP) is 2.87. The van der Waals surface area contributed by atoms with Crippen LogP contribution in [0.2, 0.25) is 0 Å². The van der Waals surface area contributed by atoms with Crippen LogP contribution in [0.3, 0.4) is 0 Å². The number of nitrogens with zero attached hydrogens (tertiary/aromatic N) is 1. The lowest BCUT2D eigenvalue weighted by Gasteiger charge is -2.06. The lowest BCUT2D eigenvalue weighted by Crippen LogP contribution is -2.11. The molecule has 10 heavy (non-hydrogen) atoms. The number of halogens is 1. The highest BCUT2D eigenvalue weighted by Gasteiger charge is 2.06. The normalized spacial score (nSPS) is 12.8. The molecule has 0 heterocycles. The first-order valence-electron chi connectivity index (χ1n) is 3.76. The van der Waals surface area contributed by atoms with Gasteiger partial charge in [0.25, 0.3) is 0 Å². The summed E-state index contributed by atoms with van der Waals surface area (Å²) >= 11 is 5.86. The Kier molecular flexibility index (Phi) is 4.71. The van der Waals surface area contributed by atoms with Gasteiger partial charge in [-0.25, -0.2) is 0 Å². The smallest absolute Gasteiger partial charge is 0.0736 e. The van der Waals surface area contributed by atoms with Crippen LogP contribution in [0.5, 0.6) is 0 Å². The van der Waals surface area contributed by atoms with E-state index < -0.39 is 0 Å². The summed E-state index contributed by atoms with van der Waals surface area (Å²) in [6, 6.07) is 0. The van der Waals surface area contributed by atoms with Crippen molar-refractivity contribution in [2.24, 2.45) is 4.99 Å². The molecule has 0 aromatic heterocycles. The van der Waals surface area contributed by atoms with E-state index in [9.17, 15) is 0 Å². The molecule has 0 bridgehead atoms. The fourth-order valence-electron chi connectivity index (χ4n) is 0.531. The lowest BCUT2D eigenvalue weighted by molar-refractivity contribution is 0.803. The van der Waals surface area contributed by atoms with E-state index in [1.165, 1.54) is 6.42 Å². The lowest BCUT2D eigenvalue weighted by atomic mass is 10.2. The molecule has 0 rings (SSSR count). The summed E-state index contributed by atoms with van der Waals surface area (Å²) in [5.41, 5.74) is 0. The monoisotopic (exact) mass is 161 g/mol. The van der Waals surface area contributed by atoms with Gasteiger partial charge in [0.15, 0.2) is 0 Å². The first-order valence-corrected chi connectivity index (χ1v) is 4.14. The van der Waals surface area contributed by atoms with Crippen molar-refractivity contribution in [2.75, 3.05) is 6.54 Å². The highest BCUT2D eigenvalue weighted by molar-refractivity contribution is 6.31. The average molecular weight is 162 g/mol. The number of hydrogen-bond acceptors (Lipinski definition) is 1. The van der Waals surface area contributed by atoms with Crippen LogP contribution in [-0.2, 0) is 0 Å². The van der Waals surface area contributed by atoms with Crippen LogP contribution in [-0.4, -0.2) is 17.6 Å². The maximum Gasteiger partial charge on any atom is 0.0736 e. The quantitative estimate of drug-likeness (QED) is 0.342. The molecule has 0 aliphatic rings. The Morgan fingerprint density at radius 1 is 1.50 bits per heavy atom. The molecule has 0 fully saturated rings. The summed E-state index contributed by atoms with van der Waals surface area (Å²) in [5.74, 6) is 0. The van der Waals surface area contributed by atoms with Gasteiger partial charge in [-0.1, -0.05) is 13.3 Å². The first kappa shape index (κ1) is 9.96. The van der Waals surface area contributed by atoms with E-state index in [2.05, 4.69) is 11.9 Å². The summed E-state index contributed by atoms with van der Waals surface area (Å²) in [6.07, 6.45) is 4.16. The molecule has 0 aromatic rings. The zero-order chi connectivity index (χ0) is 8.04. The minimum absolute atomic E-state index is 0.270. The number of hydrogen-bond donors (Lipinski definition) is 0. The highest BCUT2D eigenvalue weighted by atomic mass is 35.5. The molecule has 0 aliphatic heterocycles. The van der Waals surface area contributed by atoms with Crippen LogP contribution >= 0.6 is 11.6 Å². The SMILES string of the molecule is CCCCN=CC(C)(C)Cl. The fourth-order valence-corrected chi connectivity index (χ4v) is 0.600. The topological polar surface area (TPSA) is 12.4 Å². The summed E-state index contributed by atoms with van der Waals surface area (Å²) in [4.78, 5) is 3.91. The van der Waals surface area contributed by atoms with E-state index >= 15 is 0 Å². The molecule has 0 aliphatic carbocycles. The average Bonchev–Trinajstić information content (AvgIpc) is 1.78. The molecule has 60 valence electrons. The molecule has 0 amide bonds. The molecular weight excluding hydrogens is 146 g/mol. The number of rotatable bonds is 4. The van der Waals surface area contributed by atoms with Gasteiger partial charge in [0.1, 0.15) is 0 Å². The molecular formula is C8H16ClN. The third-order valence-corrected chi connectivity index (χ3v) is 1.14. The Hall–Kier alpha value is -0.0400. The minimum atomic E-state index is -0.270. The molecule has 0 spiro atoms. The molecule has 0 saturated heterocycles. The van der Waals surface area contributed by atoms with Gasteiger partial charge in [-0.3, -0.25) is 4.99 Å². The minimum Gasteiger partial charge on any atom is -0.296 e. The molecule has 0 atom stereocenters. The van der Waals surface area contributed by atoms with E-state index in [4.69, 9.17) is 11.6 Å². The van der Waals surface area contributed by atoms with Crippen molar-refractivity contribution in [2.45, 2.75) is 38.5 Å².